The fourth-order valence-electron chi connectivity index (χ4n) is 2.62. The van der Waals surface area contributed by atoms with Gasteiger partial charge < -0.3 is 15.2 Å². The molecule has 4 heteroatoms. The van der Waals surface area contributed by atoms with E-state index in [1.165, 1.54) is 0 Å². The lowest BCUT2D eigenvalue weighted by Gasteiger charge is -2.11. The molecule has 3 nitrogen and oxygen atoms in total. The van der Waals surface area contributed by atoms with Crippen LogP contribution in [0.2, 0.25) is 0 Å². The van der Waals surface area contributed by atoms with Crippen LogP contribution in [0.3, 0.4) is 0 Å². The summed E-state index contributed by atoms with van der Waals surface area (Å²) < 4.78 is 11.2. The maximum Gasteiger partial charge on any atom is 0.123 e. The van der Waals surface area contributed by atoms with E-state index < -0.39 is 0 Å². The summed E-state index contributed by atoms with van der Waals surface area (Å²) >= 11 is 0. The van der Waals surface area contributed by atoms with Crippen molar-refractivity contribution >= 4 is 12.4 Å². The van der Waals surface area contributed by atoms with Crippen molar-refractivity contribution in [3.8, 4) is 22.6 Å². The van der Waals surface area contributed by atoms with E-state index in [1.54, 1.807) is 7.11 Å². The monoisotopic (exact) mass is 355 g/mol. The van der Waals surface area contributed by atoms with E-state index in [0.29, 0.717) is 13.2 Å². The molecule has 0 fully saturated rings. The number of rotatable bonds is 6. The van der Waals surface area contributed by atoms with Gasteiger partial charge >= 0.3 is 0 Å². The SMILES string of the molecule is COc1ccc(-c2cccc(OCc3ccccc3)c2)cc1CN.Cl. The molecule has 2 N–H and O–H groups in total. The second-order valence-corrected chi connectivity index (χ2v) is 5.53. The first-order valence-electron chi connectivity index (χ1n) is 7.94. The molecule has 25 heavy (non-hydrogen) atoms. The fraction of sp³-hybridized carbons (Fsp3) is 0.143. The average Bonchev–Trinajstić information content (AvgIpc) is 2.67. The molecule has 0 aromatic heterocycles. The van der Waals surface area contributed by atoms with E-state index in [9.17, 15) is 0 Å². The molecule has 0 aliphatic rings. The normalized spacial score (nSPS) is 10.0. The highest BCUT2D eigenvalue weighted by Crippen LogP contribution is 2.28. The molecule has 0 aliphatic heterocycles. The van der Waals surface area contributed by atoms with Crippen molar-refractivity contribution in [2.45, 2.75) is 13.2 Å². The van der Waals surface area contributed by atoms with E-state index in [0.717, 1.165) is 33.8 Å². The molecule has 0 radical (unpaired) electrons. The molecule has 0 amide bonds. The van der Waals surface area contributed by atoms with Gasteiger partial charge in [0.2, 0.25) is 0 Å². The minimum atomic E-state index is 0. The van der Waals surface area contributed by atoms with Gasteiger partial charge in [-0.2, -0.15) is 0 Å². The number of hydrogen-bond acceptors (Lipinski definition) is 3. The van der Waals surface area contributed by atoms with Crippen molar-refractivity contribution in [1.29, 1.82) is 0 Å². The largest absolute Gasteiger partial charge is 0.496 e. The molecule has 0 bridgehead atoms. The molecule has 0 saturated heterocycles. The molecule has 0 saturated carbocycles. The van der Waals surface area contributed by atoms with Gasteiger partial charge in [0.25, 0.3) is 0 Å². The predicted octanol–water partition coefficient (Wildman–Crippen LogP) is 4.82. The lowest BCUT2D eigenvalue weighted by molar-refractivity contribution is 0.306. The summed E-state index contributed by atoms with van der Waals surface area (Å²) in [6.45, 7) is 1.00. The second kappa shape index (κ2) is 9.11. The molecule has 3 aromatic rings. The summed E-state index contributed by atoms with van der Waals surface area (Å²) in [5.41, 5.74) is 10.1. The highest BCUT2D eigenvalue weighted by atomic mass is 35.5. The summed E-state index contributed by atoms with van der Waals surface area (Å²) in [7, 11) is 1.66. The lowest BCUT2D eigenvalue weighted by atomic mass is 10.0. The quantitative estimate of drug-likeness (QED) is 0.689. The first-order chi connectivity index (χ1) is 11.8. The zero-order valence-electron chi connectivity index (χ0n) is 14.1. The van der Waals surface area contributed by atoms with Crippen molar-refractivity contribution in [2.75, 3.05) is 7.11 Å². The average molecular weight is 356 g/mol. The zero-order chi connectivity index (χ0) is 16.8. The Hall–Kier alpha value is -2.49. The van der Waals surface area contributed by atoms with Crippen LogP contribution in [0.25, 0.3) is 11.1 Å². The third-order valence-corrected chi connectivity index (χ3v) is 3.92. The van der Waals surface area contributed by atoms with Gasteiger partial charge in [-0.05, 0) is 41.0 Å². The molecule has 0 atom stereocenters. The van der Waals surface area contributed by atoms with Gasteiger partial charge in [0.1, 0.15) is 18.1 Å². The van der Waals surface area contributed by atoms with Crippen LogP contribution in [-0.2, 0) is 13.2 Å². The van der Waals surface area contributed by atoms with Crippen LogP contribution >= 0.6 is 12.4 Å². The van der Waals surface area contributed by atoms with Gasteiger partial charge in [0.05, 0.1) is 7.11 Å². The van der Waals surface area contributed by atoms with Crippen molar-refractivity contribution < 1.29 is 9.47 Å². The van der Waals surface area contributed by atoms with E-state index in [4.69, 9.17) is 15.2 Å². The number of ether oxygens (including phenoxy) is 2. The van der Waals surface area contributed by atoms with Crippen LogP contribution in [0.1, 0.15) is 11.1 Å². The number of hydrogen-bond donors (Lipinski definition) is 1. The number of benzene rings is 3. The highest BCUT2D eigenvalue weighted by Gasteiger charge is 2.06. The van der Waals surface area contributed by atoms with Crippen LogP contribution < -0.4 is 15.2 Å². The third-order valence-electron chi connectivity index (χ3n) is 3.92. The van der Waals surface area contributed by atoms with Crippen LogP contribution in [0, 0.1) is 0 Å². The van der Waals surface area contributed by atoms with Crippen molar-refractivity contribution in [2.24, 2.45) is 5.73 Å². The Labute approximate surface area is 154 Å². The fourth-order valence-corrected chi connectivity index (χ4v) is 2.62. The van der Waals surface area contributed by atoms with Crippen LogP contribution in [0.15, 0.2) is 72.8 Å². The van der Waals surface area contributed by atoms with Gasteiger partial charge in [-0.25, -0.2) is 0 Å². The molecular formula is C21H22ClNO2. The standard InChI is InChI=1S/C21H21NO2.ClH/c1-23-21-11-10-18(12-19(21)14-22)17-8-5-9-20(13-17)24-15-16-6-3-2-4-7-16;/h2-13H,14-15,22H2,1H3;1H. The number of halogens is 1. The van der Waals surface area contributed by atoms with Gasteiger partial charge in [0, 0.05) is 12.1 Å². The van der Waals surface area contributed by atoms with Crippen molar-refractivity contribution in [1.82, 2.24) is 0 Å². The maximum absolute atomic E-state index is 5.91. The predicted molar refractivity (Wildman–Crippen MR) is 104 cm³/mol. The Morgan fingerprint density at radius 1 is 0.840 bits per heavy atom. The Morgan fingerprint density at radius 2 is 1.60 bits per heavy atom. The first-order valence-corrected chi connectivity index (χ1v) is 7.94. The molecule has 130 valence electrons. The molecule has 3 aromatic carbocycles. The van der Waals surface area contributed by atoms with E-state index in [1.807, 2.05) is 48.5 Å². The summed E-state index contributed by atoms with van der Waals surface area (Å²) in [5, 5.41) is 0. The summed E-state index contributed by atoms with van der Waals surface area (Å²) in [6.07, 6.45) is 0. The molecule has 0 spiro atoms. The molecule has 0 heterocycles. The van der Waals surface area contributed by atoms with Crippen molar-refractivity contribution in [3.63, 3.8) is 0 Å². The van der Waals surface area contributed by atoms with Crippen molar-refractivity contribution in [3.05, 3.63) is 83.9 Å². The Kier molecular flexibility index (Phi) is 6.87. The van der Waals surface area contributed by atoms with Gasteiger partial charge in [-0.1, -0.05) is 48.5 Å². The Morgan fingerprint density at radius 3 is 2.32 bits per heavy atom. The van der Waals surface area contributed by atoms with Gasteiger partial charge in [-0.15, -0.1) is 12.4 Å². The second-order valence-electron chi connectivity index (χ2n) is 5.53. The third kappa shape index (κ3) is 4.75. The number of nitrogens with two attached hydrogens (primary N) is 1. The summed E-state index contributed by atoms with van der Waals surface area (Å²) in [5.74, 6) is 1.67. The van der Waals surface area contributed by atoms with Gasteiger partial charge in [0.15, 0.2) is 0 Å². The topological polar surface area (TPSA) is 44.5 Å². The first kappa shape index (κ1) is 18.8. The Bertz CT molecular complexity index is 806. The van der Waals surface area contributed by atoms with E-state index in [-0.39, 0.29) is 12.4 Å². The summed E-state index contributed by atoms with van der Waals surface area (Å²) in [4.78, 5) is 0. The molecular weight excluding hydrogens is 334 g/mol. The highest BCUT2D eigenvalue weighted by molar-refractivity contribution is 5.85. The summed E-state index contributed by atoms with van der Waals surface area (Å²) in [6, 6.07) is 24.3. The molecule has 0 aliphatic carbocycles. The lowest BCUT2D eigenvalue weighted by Crippen LogP contribution is -2.00. The molecule has 3 rings (SSSR count). The minimum absolute atomic E-state index is 0. The Balaban J connectivity index is 0.00000225. The smallest absolute Gasteiger partial charge is 0.123 e. The zero-order valence-corrected chi connectivity index (χ0v) is 15.0. The maximum atomic E-state index is 5.91. The number of methoxy groups -OCH3 is 1. The molecule has 0 unspecified atom stereocenters. The van der Waals surface area contributed by atoms with E-state index in [2.05, 4.69) is 24.3 Å². The van der Waals surface area contributed by atoms with Gasteiger partial charge in [-0.3, -0.25) is 0 Å². The minimum Gasteiger partial charge on any atom is -0.496 e. The van der Waals surface area contributed by atoms with Crippen LogP contribution in [0.4, 0.5) is 0 Å². The van der Waals surface area contributed by atoms with Crippen LogP contribution in [-0.4, -0.2) is 7.11 Å². The van der Waals surface area contributed by atoms with Crippen LogP contribution in [0.5, 0.6) is 11.5 Å². The van der Waals surface area contributed by atoms with E-state index >= 15 is 0 Å².